The number of benzene rings is 1. The van der Waals surface area contributed by atoms with Crippen molar-refractivity contribution in [3.63, 3.8) is 0 Å². The van der Waals surface area contributed by atoms with Crippen LogP contribution in [0.25, 0.3) is 0 Å². The number of rotatable bonds is 3. The molecule has 126 valence electrons. The van der Waals surface area contributed by atoms with Crippen molar-refractivity contribution in [3.8, 4) is 0 Å². The molecule has 1 aromatic carbocycles. The van der Waals surface area contributed by atoms with Crippen LogP contribution >= 0.6 is 11.6 Å². The molecule has 1 aliphatic carbocycles. The largest absolute Gasteiger partial charge is 0.481 e. The molecular formula is C17H22ClNO4. The molecule has 5 nitrogen and oxygen atoms in total. The first-order valence-electron chi connectivity index (χ1n) is 7.42. The van der Waals surface area contributed by atoms with E-state index in [9.17, 15) is 14.7 Å². The number of hydrogen-bond acceptors (Lipinski definition) is 3. The number of hydrogen-bond donors (Lipinski definition) is 2. The zero-order chi connectivity index (χ0) is 17.6. The molecule has 2 N–H and O–H groups in total. The van der Waals surface area contributed by atoms with Crippen molar-refractivity contribution in [3.05, 3.63) is 28.8 Å². The predicted molar refractivity (Wildman–Crippen MR) is 89.0 cm³/mol. The first-order valence-corrected chi connectivity index (χ1v) is 7.80. The average Bonchev–Trinajstić information content (AvgIpc) is 2.91. The lowest BCUT2D eigenvalue weighted by atomic mass is 9.87. The van der Waals surface area contributed by atoms with Crippen molar-refractivity contribution in [2.24, 2.45) is 5.41 Å². The molecule has 23 heavy (non-hydrogen) atoms. The first-order chi connectivity index (χ1) is 10.4. The summed E-state index contributed by atoms with van der Waals surface area (Å²) in [5.41, 5.74) is -1.14. The lowest BCUT2D eigenvalue weighted by Crippen LogP contribution is -2.30. The van der Waals surface area contributed by atoms with Gasteiger partial charge in [-0.05, 0) is 50.3 Å². The number of ether oxygens (including phenoxy) is 1. The number of nitrogens with one attached hydrogen (secondary N) is 1. The average molecular weight is 340 g/mol. The van der Waals surface area contributed by atoms with Crippen LogP contribution in [-0.4, -0.2) is 22.8 Å². The van der Waals surface area contributed by atoms with Crippen molar-refractivity contribution in [1.29, 1.82) is 0 Å². The molecular weight excluding hydrogens is 318 g/mol. The molecule has 0 radical (unpaired) electrons. The summed E-state index contributed by atoms with van der Waals surface area (Å²) >= 11 is 6.01. The number of carboxylic acids is 1. The van der Waals surface area contributed by atoms with E-state index in [4.69, 9.17) is 16.3 Å². The SMILES string of the molecule is CC(C)(C)OC(=O)Nc1cc(Cl)ccc1C1(C(=O)O)CC1(C)C. The quantitative estimate of drug-likeness (QED) is 0.853. The second-order valence-corrected chi connectivity index (χ2v) is 8.02. The van der Waals surface area contributed by atoms with E-state index in [1.807, 2.05) is 13.8 Å². The number of amides is 1. The summed E-state index contributed by atoms with van der Waals surface area (Å²) in [7, 11) is 0. The highest BCUT2D eigenvalue weighted by Gasteiger charge is 2.68. The Kier molecular flexibility index (Phi) is 4.14. The smallest absolute Gasteiger partial charge is 0.412 e. The van der Waals surface area contributed by atoms with Gasteiger partial charge in [-0.15, -0.1) is 0 Å². The number of anilines is 1. The van der Waals surface area contributed by atoms with Crippen molar-refractivity contribution in [2.75, 3.05) is 5.32 Å². The molecule has 0 bridgehead atoms. The second-order valence-electron chi connectivity index (χ2n) is 7.59. The van der Waals surface area contributed by atoms with Gasteiger partial charge in [0.25, 0.3) is 0 Å². The molecule has 0 saturated heterocycles. The van der Waals surface area contributed by atoms with Crippen LogP contribution < -0.4 is 5.32 Å². The van der Waals surface area contributed by atoms with Crippen LogP contribution in [-0.2, 0) is 14.9 Å². The first kappa shape index (κ1) is 17.6. The van der Waals surface area contributed by atoms with Crippen molar-refractivity contribution >= 4 is 29.4 Å². The fraction of sp³-hybridized carbons (Fsp3) is 0.529. The van der Waals surface area contributed by atoms with Gasteiger partial charge in [0.1, 0.15) is 11.0 Å². The third kappa shape index (κ3) is 3.29. The third-order valence-corrected chi connectivity index (χ3v) is 4.41. The van der Waals surface area contributed by atoms with Gasteiger partial charge in [-0.1, -0.05) is 31.5 Å². The van der Waals surface area contributed by atoms with Gasteiger partial charge in [-0.3, -0.25) is 10.1 Å². The minimum atomic E-state index is -1.03. The molecule has 2 rings (SSSR count). The Morgan fingerprint density at radius 2 is 1.87 bits per heavy atom. The lowest BCUT2D eigenvalue weighted by molar-refractivity contribution is -0.141. The van der Waals surface area contributed by atoms with Crippen LogP contribution in [0.2, 0.25) is 5.02 Å². The van der Waals surface area contributed by atoms with Crippen LogP contribution in [0.4, 0.5) is 10.5 Å². The van der Waals surface area contributed by atoms with E-state index >= 15 is 0 Å². The maximum Gasteiger partial charge on any atom is 0.412 e. The second kappa shape index (κ2) is 5.41. The zero-order valence-electron chi connectivity index (χ0n) is 14.0. The number of halogens is 1. The summed E-state index contributed by atoms with van der Waals surface area (Å²) in [4.78, 5) is 23.9. The van der Waals surface area contributed by atoms with E-state index in [-0.39, 0.29) is 0 Å². The van der Waals surface area contributed by atoms with Crippen molar-refractivity contribution < 1.29 is 19.4 Å². The Balaban J connectivity index is 2.40. The third-order valence-electron chi connectivity index (χ3n) is 4.18. The maximum atomic E-state index is 12.0. The fourth-order valence-electron chi connectivity index (χ4n) is 2.96. The fourth-order valence-corrected chi connectivity index (χ4v) is 3.14. The molecule has 1 atom stereocenters. The Morgan fingerprint density at radius 3 is 2.30 bits per heavy atom. The van der Waals surface area contributed by atoms with E-state index in [1.54, 1.807) is 39.0 Å². The summed E-state index contributed by atoms with van der Waals surface area (Å²) in [5, 5.41) is 12.8. The standard InChI is InChI=1S/C17H22ClNO4/c1-15(2,3)23-14(22)19-12-8-10(18)6-7-11(12)17(13(20)21)9-16(17,4)5/h6-8H,9H2,1-5H3,(H,19,22)(H,20,21). The summed E-state index contributed by atoms with van der Waals surface area (Å²) in [6, 6.07) is 4.86. The molecule has 0 heterocycles. The van der Waals surface area contributed by atoms with E-state index in [2.05, 4.69) is 5.32 Å². The highest BCUT2D eigenvalue weighted by molar-refractivity contribution is 6.31. The normalized spacial score (nSPS) is 22.3. The molecule has 1 fully saturated rings. The number of aliphatic carboxylic acids is 1. The number of carbonyl (C=O) groups excluding carboxylic acids is 1. The van der Waals surface area contributed by atoms with Crippen LogP contribution in [0.3, 0.4) is 0 Å². The van der Waals surface area contributed by atoms with E-state index < -0.39 is 28.5 Å². The van der Waals surface area contributed by atoms with Gasteiger partial charge in [0.05, 0.1) is 0 Å². The van der Waals surface area contributed by atoms with Gasteiger partial charge in [0, 0.05) is 10.7 Å². The molecule has 0 aromatic heterocycles. The minimum absolute atomic E-state index is 0.375. The van der Waals surface area contributed by atoms with Crippen LogP contribution in [0, 0.1) is 5.41 Å². The van der Waals surface area contributed by atoms with Crippen molar-refractivity contribution in [2.45, 2.75) is 52.1 Å². The Morgan fingerprint density at radius 1 is 1.30 bits per heavy atom. The summed E-state index contributed by atoms with van der Waals surface area (Å²) in [6.07, 6.45) is -0.139. The van der Waals surface area contributed by atoms with Crippen LogP contribution in [0.15, 0.2) is 18.2 Å². The van der Waals surface area contributed by atoms with Gasteiger partial charge in [-0.2, -0.15) is 0 Å². The van der Waals surface area contributed by atoms with Crippen LogP contribution in [0.5, 0.6) is 0 Å². The maximum absolute atomic E-state index is 12.0. The molecule has 1 amide bonds. The van der Waals surface area contributed by atoms with E-state index in [0.29, 0.717) is 22.7 Å². The Hall–Kier alpha value is -1.75. The summed E-state index contributed by atoms with van der Waals surface area (Å²) in [6.45, 7) is 9.07. The zero-order valence-corrected chi connectivity index (χ0v) is 14.7. The monoisotopic (exact) mass is 339 g/mol. The summed E-state index contributed by atoms with van der Waals surface area (Å²) in [5.74, 6) is -0.905. The van der Waals surface area contributed by atoms with Gasteiger partial charge in [0.2, 0.25) is 0 Å². The van der Waals surface area contributed by atoms with Gasteiger partial charge in [0.15, 0.2) is 0 Å². The molecule has 0 spiro atoms. The van der Waals surface area contributed by atoms with Gasteiger partial charge < -0.3 is 9.84 Å². The van der Waals surface area contributed by atoms with Crippen LogP contribution in [0.1, 0.15) is 46.6 Å². The predicted octanol–water partition coefficient (Wildman–Crippen LogP) is 4.44. The lowest BCUT2D eigenvalue weighted by Gasteiger charge is -2.23. The number of carbonyl (C=O) groups is 2. The Bertz CT molecular complexity index is 663. The van der Waals surface area contributed by atoms with Gasteiger partial charge in [-0.25, -0.2) is 4.79 Å². The van der Waals surface area contributed by atoms with E-state index in [1.165, 1.54) is 0 Å². The topological polar surface area (TPSA) is 75.6 Å². The van der Waals surface area contributed by atoms with E-state index in [0.717, 1.165) is 0 Å². The molecule has 1 aromatic rings. The molecule has 1 aliphatic rings. The summed E-state index contributed by atoms with van der Waals surface area (Å²) < 4.78 is 5.24. The molecule has 1 saturated carbocycles. The molecule has 1 unspecified atom stereocenters. The van der Waals surface area contributed by atoms with Gasteiger partial charge >= 0.3 is 12.1 Å². The Labute approximate surface area is 141 Å². The highest BCUT2D eigenvalue weighted by atomic mass is 35.5. The molecule has 6 heteroatoms. The number of carboxylic acid groups (broad SMARTS) is 1. The van der Waals surface area contributed by atoms with Crippen molar-refractivity contribution in [1.82, 2.24) is 0 Å². The minimum Gasteiger partial charge on any atom is -0.481 e. The molecule has 0 aliphatic heterocycles. The highest BCUT2D eigenvalue weighted by Crippen LogP contribution is 2.65.